The molecule has 1 N–H and O–H groups in total. The maximum atomic E-state index is 12.5. The van der Waals surface area contributed by atoms with Gasteiger partial charge in [0.25, 0.3) is 0 Å². The van der Waals surface area contributed by atoms with Crippen LogP contribution in [0.3, 0.4) is 0 Å². The van der Waals surface area contributed by atoms with Crippen molar-refractivity contribution in [2.45, 2.75) is 62.9 Å². The van der Waals surface area contributed by atoms with Gasteiger partial charge >= 0.3 is 0 Å². The molecule has 0 aliphatic heterocycles. The first-order valence-corrected chi connectivity index (χ1v) is 12.6. The normalized spacial score (nSPS) is 13.9. The van der Waals surface area contributed by atoms with Gasteiger partial charge in [0, 0.05) is 17.9 Å². The summed E-state index contributed by atoms with van der Waals surface area (Å²) in [5, 5.41) is 12.7. The maximum absolute atomic E-state index is 12.5. The van der Waals surface area contributed by atoms with Gasteiger partial charge in [-0.1, -0.05) is 67.3 Å². The summed E-state index contributed by atoms with van der Waals surface area (Å²) in [6, 6.07) is 16.3. The molecule has 3 aromatic rings. The molecule has 1 aromatic heterocycles. The van der Waals surface area contributed by atoms with Crippen LogP contribution in [-0.4, -0.2) is 27.8 Å². The minimum absolute atomic E-state index is 0.0888. The first-order valence-electron chi connectivity index (χ1n) is 11.7. The van der Waals surface area contributed by atoms with E-state index in [2.05, 4.69) is 52.8 Å². The van der Waals surface area contributed by atoms with Gasteiger partial charge in [-0.2, -0.15) is 0 Å². The van der Waals surface area contributed by atoms with Crippen molar-refractivity contribution in [3.8, 4) is 11.4 Å². The fraction of sp³-hybridized carbons (Fsp3) is 0.423. The van der Waals surface area contributed by atoms with Crippen LogP contribution in [0.2, 0.25) is 0 Å². The van der Waals surface area contributed by atoms with Crippen LogP contribution in [-0.2, 0) is 17.1 Å². The molecule has 6 nitrogen and oxygen atoms in total. The van der Waals surface area contributed by atoms with Gasteiger partial charge < -0.3 is 10.1 Å². The van der Waals surface area contributed by atoms with E-state index in [0.29, 0.717) is 18.9 Å². The number of benzene rings is 2. The van der Waals surface area contributed by atoms with Gasteiger partial charge in [0.2, 0.25) is 5.91 Å². The molecule has 1 aliphatic carbocycles. The van der Waals surface area contributed by atoms with Crippen molar-refractivity contribution in [2.75, 3.05) is 7.11 Å². The third-order valence-electron chi connectivity index (χ3n) is 6.19. The van der Waals surface area contributed by atoms with E-state index >= 15 is 0 Å². The first-order chi connectivity index (χ1) is 16.1. The number of amides is 1. The monoisotopic (exact) mass is 464 g/mol. The predicted octanol–water partition coefficient (Wildman–Crippen LogP) is 5.46. The van der Waals surface area contributed by atoms with Gasteiger partial charge in [0.15, 0.2) is 11.0 Å². The van der Waals surface area contributed by atoms with E-state index in [1.54, 1.807) is 18.9 Å². The lowest BCUT2D eigenvalue weighted by Gasteiger charge is -2.12. The second-order valence-electron chi connectivity index (χ2n) is 8.68. The highest BCUT2D eigenvalue weighted by Crippen LogP contribution is 2.29. The lowest BCUT2D eigenvalue weighted by Crippen LogP contribution is -2.24. The van der Waals surface area contributed by atoms with Crippen molar-refractivity contribution >= 4 is 17.7 Å². The third kappa shape index (κ3) is 6.38. The molecule has 33 heavy (non-hydrogen) atoms. The van der Waals surface area contributed by atoms with E-state index in [-0.39, 0.29) is 5.91 Å². The Balaban J connectivity index is 1.46. The number of rotatable bonds is 10. The van der Waals surface area contributed by atoms with Crippen LogP contribution < -0.4 is 10.1 Å². The summed E-state index contributed by atoms with van der Waals surface area (Å²) in [5.41, 5.74) is 3.34. The largest absolute Gasteiger partial charge is 0.497 e. The van der Waals surface area contributed by atoms with Crippen LogP contribution in [0, 0.1) is 12.8 Å². The number of methoxy groups -OCH3 is 1. The summed E-state index contributed by atoms with van der Waals surface area (Å²) >= 11 is 1.62. The number of hydrogen-bond donors (Lipinski definition) is 1. The standard InChI is InChI=1S/C26H32N4O2S/c1-19-10-13-22(14-11-19)30-24(17-27-25(31)15-12-20-6-3-4-7-20)28-29-26(30)33-18-21-8-5-9-23(16-21)32-2/h5,8-11,13-14,16,20H,3-4,6-7,12,15,17-18H2,1-2H3,(H,27,31). The van der Waals surface area contributed by atoms with Crippen LogP contribution in [0.25, 0.3) is 5.69 Å². The third-order valence-corrected chi connectivity index (χ3v) is 7.19. The zero-order valence-corrected chi connectivity index (χ0v) is 20.2. The smallest absolute Gasteiger partial charge is 0.220 e. The molecular formula is C26H32N4O2S. The molecule has 1 saturated carbocycles. The minimum atomic E-state index is 0.0888. The van der Waals surface area contributed by atoms with Gasteiger partial charge in [0.05, 0.1) is 13.7 Å². The van der Waals surface area contributed by atoms with Crippen LogP contribution in [0.1, 0.15) is 55.5 Å². The van der Waals surface area contributed by atoms with Crippen LogP contribution in [0.4, 0.5) is 0 Å². The summed E-state index contributed by atoms with van der Waals surface area (Å²) in [6.07, 6.45) is 6.72. The molecule has 1 fully saturated rings. The van der Waals surface area contributed by atoms with Gasteiger partial charge in [-0.3, -0.25) is 9.36 Å². The summed E-state index contributed by atoms with van der Waals surface area (Å²) in [6.45, 7) is 2.43. The highest BCUT2D eigenvalue weighted by atomic mass is 32.2. The molecule has 4 rings (SSSR count). The van der Waals surface area contributed by atoms with Crippen LogP contribution in [0.5, 0.6) is 5.75 Å². The van der Waals surface area contributed by atoms with E-state index in [0.717, 1.165) is 40.2 Å². The number of ether oxygens (including phenoxy) is 1. The highest BCUT2D eigenvalue weighted by Gasteiger charge is 2.18. The Hall–Kier alpha value is -2.80. The number of thioether (sulfide) groups is 1. The summed E-state index contributed by atoms with van der Waals surface area (Å²) in [7, 11) is 1.68. The molecule has 174 valence electrons. The van der Waals surface area contributed by atoms with Gasteiger partial charge in [-0.25, -0.2) is 0 Å². The maximum Gasteiger partial charge on any atom is 0.220 e. The Kier molecular flexibility index (Phi) is 8.05. The van der Waals surface area contributed by atoms with Crippen LogP contribution >= 0.6 is 11.8 Å². The Morgan fingerprint density at radius 2 is 1.94 bits per heavy atom. The minimum Gasteiger partial charge on any atom is -0.497 e. The number of nitrogens with zero attached hydrogens (tertiary/aromatic N) is 3. The molecule has 1 amide bonds. The Morgan fingerprint density at radius 1 is 1.15 bits per heavy atom. The lowest BCUT2D eigenvalue weighted by molar-refractivity contribution is -0.121. The zero-order valence-electron chi connectivity index (χ0n) is 19.4. The van der Waals surface area contributed by atoms with Crippen molar-refractivity contribution < 1.29 is 9.53 Å². The van der Waals surface area contributed by atoms with Gasteiger partial charge in [0.1, 0.15) is 5.75 Å². The molecule has 7 heteroatoms. The number of hydrogen-bond acceptors (Lipinski definition) is 5. The Labute approximate surface area is 200 Å². The molecule has 2 aromatic carbocycles. The SMILES string of the molecule is COc1cccc(CSc2nnc(CNC(=O)CCC3CCCC3)n2-c2ccc(C)cc2)c1. The van der Waals surface area contributed by atoms with Crippen molar-refractivity contribution in [3.05, 3.63) is 65.5 Å². The van der Waals surface area contributed by atoms with Crippen molar-refractivity contribution in [1.29, 1.82) is 0 Å². The molecule has 0 radical (unpaired) electrons. The summed E-state index contributed by atoms with van der Waals surface area (Å²) in [4.78, 5) is 12.5. The zero-order chi connectivity index (χ0) is 23.0. The Bertz CT molecular complexity index is 1060. The molecule has 0 bridgehead atoms. The second-order valence-corrected chi connectivity index (χ2v) is 9.62. The van der Waals surface area contributed by atoms with Crippen molar-refractivity contribution in [2.24, 2.45) is 5.92 Å². The molecule has 1 aliphatic rings. The first kappa shape index (κ1) is 23.4. The number of carbonyl (C=O) groups excluding carboxylic acids is 1. The van der Waals surface area contributed by atoms with E-state index in [1.165, 1.54) is 31.2 Å². The predicted molar refractivity (Wildman–Crippen MR) is 132 cm³/mol. The fourth-order valence-electron chi connectivity index (χ4n) is 4.27. The topological polar surface area (TPSA) is 69.0 Å². The summed E-state index contributed by atoms with van der Waals surface area (Å²) < 4.78 is 7.38. The Morgan fingerprint density at radius 3 is 2.70 bits per heavy atom. The quantitative estimate of drug-likeness (QED) is 0.403. The van der Waals surface area contributed by atoms with E-state index < -0.39 is 0 Å². The van der Waals surface area contributed by atoms with Crippen molar-refractivity contribution in [3.63, 3.8) is 0 Å². The molecule has 1 heterocycles. The number of nitrogens with one attached hydrogen (secondary N) is 1. The summed E-state index contributed by atoms with van der Waals surface area (Å²) in [5.74, 6) is 3.13. The molecular weight excluding hydrogens is 432 g/mol. The lowest BCUT2D eigenvalue weighted by atomic mass is 10.0. The van der Waals surface area contributed by atoms with Crippen LogP contribution in [0.15, 0.2) is 53.7 Å². The number of carbonyl (C=O) groups is 1. The van der Waals surface area contributed by atoms with E-state index in [4.69, 9.17) is 4.74 Å². The number of aryl methyl sites for hydroxylation is 1. The highest BCUT2D eigenvalue weighted by molar-refractivity contribution is 7.98. The fourth-order valence-corrected chi connectivity index (χ4v) is 5.19. The molecule has 0 unspecified atom stereocenters. The molecule has 0 spiro atoms. The average molecular weight is 465 g/mol. The second kappa shape index (κ2) is 11.4. The molecule has 0 saturated heterocycles. The number of aromatic nitrogens is 3. The van der Waals surface area contributed by atoms with Gasteiger partial charge in [-0.15, -0.1) is 10.2 Å². The molecule has 0 atom stereocenters. The van der Waals surface area contributed by atoms with E-state index in [1.807, 2.05) is 22.8 Å². The van der Waals surface area contributed by atoms with Crippen molar-refractivity contribution in [1.82, 2.24) is 20.1 Å². The average Bonchev–Trinajstić information content (AvgIpc) is 3.51. The van der Waals surface area contributed by atoms with Gasteiger partial charge in [-0.05, 0) is 49.1 Å². The van der Waals surface area contributed by atoms with E-state index in [9.17, 15) is 4.79 Å².